The Morgan fingerprint density at radius 2 is 1.59 bits per heavy atom. The number of carbonyl (C=O) groups is 1. The molecule has 1 amide bonds. The zero-order chi connectivity index (χ0) is 19.4. The highest BCUT2D eigenvalue weighted by molar-refractivity contribution is 7.92. The average molecular weight is 392 g/mol. The second-order valence-corrected chi connectivity index (χ2v) is 7.15. The van der Waals surface area contributed by atoms with E-state index in [4.69, 9.17) is 0 Å². The van der Waals surface area contributed by atoms with Gasteiger partial charge in [0.05, 0.1) is 11.8 Å². The van der Waals surface area contributed by atoms with Gasteiger partial charge in [0.1, 0.15) is 11.6 Å². The molecule has 0 saturated heterocycles. The molecule has 1 heterocycles. The van der Waals surface area contributed by atoms with Crippen molar-refractivity contribution in [2.45, 2.75) is 11.6 Å². The van der Waals surface area contributed by atoms with Crippen LogP contribution in [0.1, 0.15) is 15.9 Å². The SMILES string of the molecule is O=C(NCc1ccc(F)cc1)c1cn[nH]c1S(=O)(=O)Nc1ccc(F)cc1. The standard InChI is InChI=1S/C17H14F2N4O3S/c18-12-3-1-11(2-4-12)9-20-16(24)15-10-21-22-17(15)27(25,26)23-14-7-5-13(19)6-8-14/h1-8,10,23H,9H2,(H,20,24)(H,21,22). The molecule has 3 rings (SSSR count). The summed E-state index contributed by atoms with van der Waals surface area (Å²) >= 11 is 0. The molecule has 27 heavy (non-hydrogen) atoms. The Kier molecular flexibility index (Phi) is 5.17. The van der Waals surface area contributed by atoms with Crippen LogP contribution in [0.4, 0.5) is 14.5 Å². The molecule has 0 saturated carbocycles. The molecular formula is C17H14F2N4O3S. The summed E-state index contributed by atoms with van der Waals surface area (Å²) in [7, 11) is -4.15. The van der Waals surface area contributed by atoms with Gasteiger partial charge in [-0.3, -0.25) is 14.6 Å². The fraction of sp³-hybridized carbons (Fsp3) is 0.0588. The van der Waals surface area contributed by atoms with E-state index in [9.17, 15) is 22.0 Å². The van der Waals surface area contributed by atoms with Crippen molar-refractivity contribution in [2.24, 2.45) is 0 Å². The smallest absolute Gasteiger partial charge is 0.279 e. The van der Waals surface area contributed by atoms with Crippen LogP contribution in [-0.4, -0.2) is 24.5 Å². The first-order valence-electron chi connectivity index (χ1n) is 7.69. The monoisotopic (exact) mass is 392 g/mol. The van der Waals surface area contributed by atoms with E-state index < -0.39 is 32.6 Å². The molecule has 0 aliphatic rings. The zero-order valence-corrected chi connectivity index (χ0v) is 14.6. The summed E-state index contributed by atoms with van der Waals surface area (Å²) in [4.78, 5) is 12.3. The number of nitrogens with zero attached hydrogens (tertiary/aromatic N) is 1. The summed E-state index contributed by atoms with van der Waals surface area (Å²) < 4.78 is 53.1. The van der Waals surface area contributed by atoms with Gasteiger partial charge in [0.25, 0.3) is 15.9 Å². The Hall–Kier alpha value is -3.27. The molecule has 140 valence electrons. The second-order valence-electron chi connectivity index (χ2n) is 5.53. The van der Waals surface area contributed by atoms with Gasteiger partial charge in [-0.15, -0.1) is 0 Å². The van der Waals surface area contributed by atoms with Gasteiger partial charge < -0.3 is 5.32 Å². The summed E-state index contributed by atoms with van der Waals surface area (Å²) in [6.07, 6.45) is 1.08. The van der Waals surface area contributed by atoms with E-state index in [-0.39, 0.29) is 17.8 Å². The van der Waals surface area contributed by atoms with Crippen LogP contribution < -0.4 is 10.0 Å². The van der Waals surface area contributed by atoms with E-state index in [0.29, 0.717) is 5.56 Å². The molecule has 0 unspecified atom stereocenters. The topological polar surface area (TPSA) is 104 Å². The molecular weight excluding hydrogens is 378 g/mol. The first-order valence-corrected chi connectivity index (χ1v) is 9.18. The Balaban J connectivity index is 1.74. The lowest BCUT2D eigenvalue weighted by atomic mass is 10.2. The van der Waals surface area contributed by atoms with Crippen molar-refractivity contribution in [1.29, 1.82) is 0 Å². The number of amides is 1. The maximum atomic E-state index is 12.9. The molecule has 0 aliphatic carbocycles. The molecule has 7 nitrogen and oxygen atoms in total. The van der Waals surface area contributed by atoms with E-state index in [1.165, 1.54) is 36.4 Å². The predicted molar refractivity (Wildman–Crippen MR) is 93.4 cm³/mol. The molecule has 2 aromatic carbocycles. The Bertz CT molecular complexity index is 1050. The van der Waals surface area contributed by atoms with E-state index in [1.54, 1.807) is 0 Å². The number of benzene rings is 2. The molecule has 10 heteroatoms. The Morgan fingerprint density at radius 3 is 2.22 bits per heavy atom. The second kappa shape index (κ2) is 7.54. The number of anilines is 1. The van der Waals surface area contributed by atoms with Gasteiger partial charge >= 0.3 is 0 Å². The fourth-order valence-corrected chi connectivity index (χ4v) is 3.40. The highest BCUT2D eigenvalue weighted by Gasteiger charge is 2.25. The number of aromatic nitrogens is 2. The van der Waals surface area contributed by atoms with Crippen LogP contribution in [-0.2, 0) is 16.6 Å². The third-order valence-electron chi connectivity index (χ3n) is 3.58. The first kappa shape index (κ1) is 18.5. The van der Waals surface area contributed by atoms with Gasteiger partial charge in [0.2, 0.25) is 0 Å². The zero-order valence-electron chi connectivity index (χ0n) is 13.7. The third kappa shape index (κ3) is 4.47. The lowest BCUT2D eigenvalue weighted by molar-refractivity contribution is 0.0947. The van der Waals surface area contributed by atoms with Crippen LogP contribution in [0.15, 0.2) is 59.8 Å². The van der Waals surface area contributed by atoms with Crippen molar-refractivity contribution in [2.75, 3.05) is 4.72 Å². The summed E-state index contributed by atoms with van der Waals surface area (Å²) in [6.45, 7) is 0.0785. The molecule has 0 atom stereocenters. The highest BCUT2D eigenvalue weighted by Crippen LogP contribution is 2.18. The maximum Gasteiger partial charge on any atom is 0.279 e. The minimum absolute atomic E-state index is 0.0785. The normalized spacial score (nSPS) is 11.2. The molecule has 3 N–H and O–H groups in total. The molecule has 0 radical (unpaired) electrons. The van der Waals surface area contributed by atoms with E-state index >= 15 is 0 Å². The van der Waals surface area contributed by atoms with E-state index in [0.717, 1.165) is 18.3 Å². The fourth-order valence-electron chi connectivity index (χ4n) is 2.24. The lowest BCUT2D eigenvalue weighted by Crippen LogP contribution is -2.25. The summed E-state index contributed by atoms with van der Waals surface area (Å²) in [5.41, 5.74) is 0.581. The van der Waals surface area contributed by atoms with Gasteiger partial charge in [-0.05, 0) is 42.0 Å². The molecule has 0 spiro atoms. The lowest BCUT2D eigenvalue weighted by Gasteiger charge is -2.09. The highest BCUT2D eigenvalue weighted by atomic mass is 32.2. The number of hydrogen-bond acceptors (Lipinski definition) is 4. The number of halogens is 2. The Morgan fingerprint density at radius 1 is 1.00 bits per heavy atom. The molecule has 0 bridgehead atoms. The summed E-state index contributed by atoms with van der Waals surface area (Å²) in [6, 6.07) is 10.2. The van der Waals surface area contributed by atoms with Gasteiger partial charge in [-0.1, -0.05) is 12.1 Å². The maximum absolute atomic E-state index is 12.9. The minimum atomic E-state index is -4.15. The van der Waals surface area contributed by atoms with Crippen molar-refractivity contribution in [1.82, 2.24) is 15.5 Å². The van der Waals surface area contributed by atoms with Gasteiger partial charge in [0, 0.05) is 12.2 Å². The average Bonchev–Trinajstić information content (AvgIpc) is 3.14. The van der Waals surface area contributed by atoms with Crippen molar-refractivity contribution in [3.05, 3.63) is 77.5 Å². The number of rotatable bonds is 6. The number of aromatic amines is 1. The Labute approximate surface area is 153 Å². The van der Waals surface area contributed by atoms with Crippen LogP contribution in [0.5, 0.6) is 0 Å². The van der Waals surface area contributed by atoms with Crippen LogP contribution >= 0.6 is 0 Å². The predicted octanol–water partition coefficient (Wildman–Crippen LogP) is 2.42. The van der Waals surface area contributed by atoms with Crippen molar-refractivity contribution in [3.63, 3.8) is 0 Å². The van der Waals surface area contributed by atoms with Crippen LogP contribution in [0.2, 0.25) is 0 Å². The third-order valence-corrected chi connectivity index (χ3v) is 4.93. The number of H-pyrrole nitrogens is 1. The number of hydrogen-bond donors (Lipinski definition) is 3. The molecule has 0 aliphatic heterocycles. The van der Waals surface area contributed by atoms with Crippen LogP contribution in [0.3, 0.4) is 0 Å². The first-order chi connectivity index (χ1) is 12.8. The number of nitrogens with one attached hydrogen (secondary N) is 3. The van der Waals surface area contributed by atoms with Crippen molar-refractivity contribution < 1.29 is 22.0 Å². The quantitative estimate of drug-likeness (QED) is 0.599. The van der Waals surface area contributed by atoms with E-state index in [2.05, 4.69) is 20.2 Å². The minimum Gasteiger partial charge on any atom is -0.348 e. The number of carbonyl (C=O) groups excluding carboxylic acids is 1. The van der Waals surface area contributed by atoms with Crippen molar-refractivity contribution >= 4 is 21.6 Å². The number of sulfonamides is 1. The van der Waals surface area contributed by atoms with Gasteiger partial charge in [-0.2, -0.15) is 13.5 Å². The molecule has 3 aromatic rings. The van der Waals surface area contributed by atoms with Crippen LogP contribution in [0, 0.1) is 11.6 Å². The summed E-state index contributed by atoms with van der Waals surface area (Å²) in [5.74, 6) is -1.59. The van der Waals surface area contributed by atoms with Crippen molar-refractivity contribution in [3.8, 4) is 0 Å². The van der Waals surface area contributed by atoms with E-state index in [1.807, 2.05) is 0 Å². The summed E-state index contributed by atoms with van der Waals surface area (Å²) in [5, 5.41) is 8.01. The molecule has 0 fully saturated rings. The molecule has 1 aromatic heterocycles. The van der Waals surface area contributed by atoms with Gasteiger partial charge in [0.15, 0.2) is 5.03 Å². The van der Waals surface area contributed by atoms with Crippen LogP contribution in [0.25, 0.3) is 0 Å². The largest absolute Gasteiger partial charge is 0.348 e. The van der Waals surface area contributed by atoms with Gasteiger partial charge in [-0.25, -0.2) is 8.78 Å².